The summed E-state index contributed by atoms with van der Waals surface area (Å²) in [5.74, 6) is 0.848. The molecule has 0 aromatic carbocycles. The molecule has 9 heteroatoms. The number of hydrogen-bond donors (Lipinski definition) is 2. The number of carbonyl (C=O) groups is 1. The van der Waals surface area contributed by atoms with Gasteiger partial charge in [-0.3, -0.25) is 9.89 Å². The van der Waals surface area contributed by atoms with E-state index in [1.165, 1.54) is 0 Å². The Labute approximate surface area is 181 Å². The molecule has 0 aromatic rings. The van der Waals surface area contributed by atoms with Crippen molar-refractivity contribution in [3.8, 4) is 0 Å². The molecule has 1 unspecified atom stereocenters. The molecule has 2 heterocycles. The Morgan fingerprint density at radius 3 is 2.37 bits per heavy atom. The van der Waals surface area contributed by atoms with Crippen LogP contribution in [0.1, 0.15) is 26.7 Å². The Kier molecular flexibility index (Phi) is 11.3. The third-order valence-electron chi connectivity index (χ3n) is 5.31. The smallest absolute Gasteiger partial charge is 0.409 e. The Bertz CT molecular complexity index is 463. The maximum absolute atomic E-state index is 11.8. The third-order valence-corrected chi connectivity index (χ3v) is 5.31. The first-order chi connectivity index (χ1) is 12.5. The number of aliphatic imine (C=N–C) groups is 1. The molecule has 0 radical (unpaired) electrons. The fourth-order valence-electron chi connectivity index (χ4n) is 3.45. The van der Waals surface area contributed by atoms with Gasteiger partial charge in [-0.1, -0.05) is 0 Å². The van der Waals surface area contributed by atoms with Gasteiger partial charge in [-0.25, -0.2) is 4.79 Å². The zero-order valence-corrected chi connectivity index (χ0v) is 19.6. The summed E-state index contributed by atoms with van der Waals surface area (Å²) in [6, 6.07) is 0.818. The van der Waals surface area contributed by atoms with E-state index in [4.69, 9.17) is 4.74 Å². The number of rotatable bonds is 5. The SMILES string of the molecule is CCOC(=O)N1CCC(NC(=NC)NCC(C)N2CCN(C)CC2)CC1.I. The second-order valence-corrected chi connectivity index (χ2v) is 7.25. The summed E-state index contributed by atoms with van der Waals surface area (Å²) in [7, 11) is 3.99. The predicted octanol–water partition coefficient (Wildman–Crippen LogP) is 1.03. The van der Waals surface area contributed by atoms with Gasteiger partial charge in [0, 0.05) is 64.9 Å². The number of halogens is 1. The Morgan fingerprint density at radius 1 is 1.19 bits per heavy atom. The number of ether oxygens (including phenoxy) is 1. The molecule has 0 saturated carbocycles. The minimum Gasteiger partial charge on any atom is -0.450 e. The van der Waals surface area contributed by atoms with Crippen LogP contribution in [0.2, 0.25) is 0 Å². The van der Waals surface area contributed by atoms with E-state index in [0.29, 0.717) is 18.7 Å². The van der Waals surface area contributed by atoms with Gasteiger partial charge < -0.3 is 25.2 Å². The van der Waals surface area contributed by atoms with Crippen LogP contribution in [0.25, 0.3) is 0 Å². The number of amides is 1. The quantitative estimate of drug-likeness (QED) is 0.337. The number of guanidine groups is 1. The molecule has 2 rings (SSSR count). The van der Waals surface area contributed by atoms with Crippen molar-refractivity contribution in [3.05, 3.63) is 0 Å². The molecule has 2 aliphatic rings. The standard InChI is InChI=1S/C18H36N6O2.HI/c1-5-26-18(25)24-8-6-16(7-9-24)21-17(19-3)20-14-15(2)23-12-10-22(4)11-13-23;/h15-16H,5-14H2,1-4H3,(H2,19,20,21);1H. The van der Waals surface area contributed by atoms with Gasteiger partial charge in [-0.2, -0.15) is 0 Å². The molecule has 0 spiro atoms. The maximum atomic E-state index is 11.8. The molecule has 0 bridgehead atoms. The lowest BCUT2D eigenvalue weighted by Crippen LogP contribution is -2.54. The highest BCUT2D eigenvalue weighted by Gasteiger charge is 2.24. The van der Waals surface area contributed by atoms with Gasteiger partial charge in [0.25, 0.3) is 0 Å². The predicted molar refractivity (Wildman–Crippen MR) is 120 cm³/mol. The summed E-state index contributed by atoms with van der Waals surface area (Å²) in [6.07, 6.45) is 1.62. The summed E-state index contributed by atoms with van der Waals surface area (Å²) < 4.78 is 5.07. The Balaban J connectivity index is 0.00000364. The number of likely N-dealkylation sites (tertiary alicyclic amines) is 1. The third kappa shape index (κ3) is 7.98. The van der Waals surface area contributed by atoms with Gasteiger partial charge in [-0.15, -0.1) is 24.0 Å². The fourth-order valence-corrected chi connectivity index (χ4v) is 3.45. The molecule has 2 N–H and O–H groups in total. The number of nitrogens with zero attached hydrogens (tertiary/aromatic N) is 4. The lowest BCUT2D eigenvalue weighted by Gasteiger charge is -2.37. The lowest BCUT2D eigenvalue weighted by molar-refractivity contribution is 0.0962. The first kappa shape index (κ1) is 24.2. The lowest BCUT2D eigenvalue weighted by atomic mass is 10.1. The summed E-state index contributed by atoms with van der Waals surface area (Å²) in [4.78, 5) is 22.8. The van der Waals surface area contributed by atoms with E-state index >= 15 is 0 Å². The van der Waals surface area contributed by atoms with Crippen LogP contribution >= 0.6 is 24.0 Å². The molecule has 158 valence electrons. The van der Waals surface area contributed by atoms with Crippen molar-refractivity contribution < 1.29 is 9.53 Å². The molecule has 0 aromatic heterocycles. The van der Waals surface area contributed by atoms with Crippen LogP contribution in [-0.4, -0.2) is 105 Å². The van der Waals surface area contributed by atoms with Gasteiger partial charge in [0.1, 0.15) is 0 Å². The van der Waals surface area contributed by atoms with Gasteiger partial charge in [0.2, 0.25) is 0 Å². The van der Waals surface area contributed by atoms with E-state index in [1.54, 1.807) is 4.90 Å². The molecular formula is C18H37IN6O2. The second-order valence-electron chi connectivity index (χ2n) is 7.25. The molecule has 1 atom stereocenters. The number of carbonyl (C=O) groups excluding carboxylic acids is 1. The van der Waals surface area contributed by atoms with Crippen molar-refractivity contribution in [1.29, 1.82) is 0 Å². The van der Waals surface area contributed by atoms with Crippen LogP contribution in [0.3, 0.4) is 0 Å². The number of hydrogen-bond acceptors (Lipinski definition) is 5. The van der Waals surface area contributed by atoms with Gasteiger partial charge in [0.05, 0.1) is 6.61 Å². The average molecular weight is 496 g/mol. The van der Waals surface area contributed by atoms with E-state index in [0.717, 1.165) is 64.6 Å². The molecule has 2 saturated heterocycles. The number of nitrogens with one attached hydrogen (secondary N) is 2. The molecular weight excluding hydrogens is 459 g/mol. The van der Waals surface area contributed by atoms with Crippen molar-refractivity contribution in [2.45, 2.75) is 38.8 Å². The van der Waals surface area contributed by atoms with E-state index in [9.17, 15) is 4.79 Å². The van der Waals surface area contributed by atoms with Crippen molar-refractivity contribution >= 4 is 36.0 Å². The van der Waals surface area contributed by atoms with Crippen LogP contribution in [0.15, 0.2) is 4.99 Å². The first-order valence-electron chi connectivity index (χ1n) is 9.85. The van der Waals surface area contributed by atoms with E-state index in [2.05, 4.69) is 39.4 Å². The largest absolute Gasteiger partial charge is 0.450 e. The highest BCUT2D eigenvalue weighted by molar-refractivity contribution is 14.0. The summed E-state index contributed by atoms with van der Waals surface area (Å²) in [5, 5.41) is 6.95. The molecule has 0 aliphatic carbocycles. The van der Waals surface area contributed by atoms with E-state index < -0.39 is 0 Å². The molecule has 2 aliphatic heterocycles. The maximum Gasteiger partial charge on any atom is 0.409 e. The number of likely N-dealkylation sites (N-methyl/N-ethyl adjacent to an activating group) is 1. The minimum atomic E-state index is -0.200. The van der Waals surface area contributed by atoms with Crippen LogP contribution in [0.4, 0.5) is 4.79 Å². The van der Waals surface area contributed by atoms with Crippen LogP contribution in [0.5, 0.6) is 0 Å². The van der Waals surface area contributed by atoms with Crippen LogP contribution in [0, 0.1) is 0 Å². The zero-order chi connectivity index (χ0) is 18.9. The van der Waals surface area contributed by atoms with Gasteiger partial charge >= 0.3 is 6.09 Å². The van der Waals surface area contributed by atoms with Gasteiger partial charge in [0.15, 0.2) is 5.96 Å². The van der Waals surface area contributed by atoms with Crippen molar-refractivity contribution in [3.63, 3.8) is 0 Å². The van der Waals surface area contributed by atoms with Crippen molar-refractivity contribution in [2.75, 3.05) is 66.5 Å². The van der Waals surface area contributed by atoms with Crippen LogP contribution in [-0.2, 0) is 4.74 Å². The number of piperazine rings is 1. The first-order valence-corrected chi connectivity index (χ1v) is 9.85. The minimum absolute atomic E-state index is 0. The number of piperidine rings is 1. The molecule has 8 nitrogen and oxygen atoms in total. The average Bonchev–Trinajstić information content (AvgIpc) is 2.66. The monoisotopic (exact) mass is 496 g/mol. The highest BCUT2D eigenvalue weighted by Crippen LogP contribution is 2.11. The van der Waals surface area contributed by atoms with Crippen molar-refractivity contribution in [2.24, 2.45) is 4.99 Å². The Hall–Kier alpha value is -0.810. The molecule has 2 fully saturated rings. The van der Waals surface area contributed by atoms with Crippen LogP contribution < -0.4 is 10.6 Å². The summed E-state index contributed by atoms with van der Waals surface area (Å²) >= 11 is 0. The fraction of sp³-hybridized carbons (Fsp3) is 0.889. The Morgan fingerprint density at radius 2 is 1.81 bits per heavy atom. The second kappa shape index (κ2) is 12.6. The molecule has 1 amide bonds. The summed E-state index contributed by atoms with van der Waals surface area (Å²) in [5.41, 5.74) is 0. The zero-order valence-electron chi connectivity index (χ0n) is 17.2. The molecule has 27 heavy (non-hydrogen) atoms. The normalized spacial score (nSPS) is 21.3. The summed E-state index contributed by atoms with van der Waals surface area (Å²) in [6.45, 7) is 11.4. The topological polar surface area (TPSA) is 72.4 Å². The van der Waals surface area contributed by atoms with E-state index in [1.807, 2.05) is 14.0 Å². The van der Waals surface area contributed by atoms with Crippen molar-refractivity contribution in [1.82, 2.24) is 25.3 Å². The highest BCUT2D eigenvalue weighted by atomic mass is 127. The van der Waals surface area contributed by atoms with Gasteiger partial charge in [-0.05, 0) is 33.7 Å². The van der Waals surface area contributed by atoms with E-state index in [-0.39, 0.29) is 30.1 Å².